The lowest BCUT2D eigenvalue weighted by molar-refractivity contribution is 0.0954. The Kier molecular flexibility index (Phi) is 10.4. The molecule has 2 aromatic carbocycles. The number of rotatable bonds is 7. The van der Waals surface area contributed by atoms with E-state index < -0.39 is 0 Å². The van der Waals surface area contributed by atoms with Crippen molar-refractivity contribution in [1.82, 2.24) is 16.0 Å². The number of amides is 1. The summed E-state index contributed by atoms with van der Waals surface area (Å²) < 4.78 is 0. The molecule has 0 atom stereocenters. The first-order valence-corrected chi connectivity index (χ1v) is 8.60. The van der Waals surface area contributed by atoms with Gasteiger partial charge in [-0.3, -0.25) is 4.79 Å². The first-order chi connectivity index (χ1) is 12.2. The third kappa shape index (κ3) is 7.86. The number of carbonyl (C=O) groups is 1. The molecule has 2 aromatic rings. The highest BCUT2D eigenvalue weighted by Crippen LogP contribution is 2.04. The molecule has 0 aliphatic heterocycles. The van der Waals surface area contributed by atoms with Gasteiger partial charge in [0.2, 0.25) is 0 Å². The molecular weight excluding hydrogens is 439 g/mol. The van der Waals surface area contributed by atoms with Gasteiger partial charge in [0.05, 0.1) is 6.54 Å². The molecule has 0 bridgehead atoms. The third-order valence-corrected chi connectivity index (χ3v) is 3.59. The lowest BCUT2D eigenvalue weighted by Crippen LogP contribution is -2.41. The van der Waals surface area contributed by atoms with Crippen LogP contribution in [0.5, 0.6) is 0 Å². The summed E-state index contributed by atoms with van der Waals surface area (Å²) in [6.45, 7) is 6.65. The van der Waals surface area contributed by atoms with E-state index in [-0.39, 0.29) is 29.9 Å². The topological polar surface area (TPSA) is 65.5 Å². The Morgan fingerprint density at radius 2 is 1.69 bits per heavy atom. The summed E-state index contributed by atoms with van der Waals surface area (Å²) >= 11 is 0. The van der Waals surface area contributed by atoms with Gasteiger partial charge in [0.1, 0.15) is 0 Å². The first kappa shape index (κ1) is 22.0. The number of hydrogen-bond acceptors (Lipinski definition) is 2. The number of benzene rings is 2. The van der Waals surface area contributed by atoms with Crippen molar-refractivity contribution < 1.29 is 4.79 Å². The maximum Gasteiger partial charge on any atom is 0.251 e. The van der Waals surface area contributed by atoms with Crippen LogP contribution in [0.15, 0.2) is 59.6 Å². The predicted molar refractivity (Wildman–Crippen MR) is 118 cm³/mol. The Labute approximate surface area is 172 Å². The van der Waals surface area contributed by atoms with Crippen LogP contribution in [0.25, 0.3) is 0 Å². The van der Waals surface area contributed by atoms with Crippen molar-refractivity contribution in [2.75, 3.05) is 19.6 Å². The highest BCUT2D eigenvalue weighted by molar-refractivity contribution is 14.0. The molecule has 6 heteroatoms. The number of nitrogens with zero attached hydrogens (tertiary/aromatic N) is 1. The summed E-state index contributed by atoms with van der Waals surface area (Å²) in [5, 5.41) is 9.34. The van der Waals surface area contributed by atoms with Crippen molar-refractivity contribution in [1.29, 1.82) is 0 Å². The van der Waals surface area contributed by atoms with Crippen molar-refractivity contribution in [2.24, 2.45) is 4.99 Å². The second-order valence-electron chi connectivity index (χ2n) is 5.73. The number of aryl methyl sites for hydroxylation is 1. The number of halogens is 1. The van der Waals surface area contributed by atoms with Gasteiger partial charge in [0, 0.05) is 25.2 Å². The zero-order valence-electron chi connectivity index (χ0n) is 15.3. The molecule has 0 spiro atoms. The van der Waals surface area contributed by atoms with E-state index in [1.807, 2.05) is 31.2 Å². The molecule has 0 radical (unpaired) electrons. The predicted octanol–water partition coefficient (Wildman–Crippen LogP) is 3.10. The Morgan fingerprint density at radius 1 is 0.962 bits per heavy atom. The maximum atomic E-state index is 12.0. The fourth-order valence-electron chi connectivity index (χ4n) is 2.37. The molecule has 3 N–H and O–H groups in total. The van der Waals surface area contributed by atoms with Crippen molar-refractivity contribution in [3.63, 3.8) is 0 Å². The highest BCUT2D eigenvalue weighted by atomic mass is 127. The Morgan fingerprint density at radius 3 is 2.38 bits per heavy atom. The smallest absolute Gasteiger partial charge is 0.251 e. The summed E-state index contributed by atoms with van der Waals surface area (Å²) in [5.74, 6) is 0.682. The highest BCUT2D eigenvalue weighted by Gasteiger charge is 2.03. The molecule has 0 fully saturated rings. The molecule has 0 aliphatic carbocycles. The van der Waals surface area contributed by atoms with Crippen molar-refractivity contribution >= 4 is 35.8 Å². The molecule has 0 aliphatic rings. The van der Waals surface area contributed by atoms with E-state index in [0.717, 1.165) is 12.5 Å². The SMILES string of the molecule is CCNC(=NCc1cccc(C)c1)NCCNC(=O)c1ccccc1.I. The average molecular weight is 466 g/mol. The molecule has 140 valence electrons. The molecule has 0 heterocycles. The van der Waals surface area contributed by atoms with E-state index >= 15 is 0 Å². The maximum absolute atomic E-state index is 12.0. The molecule has 26 heavy (non-hydrogen) atoms. The lowest BCUT2D eigenvalue weighted by Gasteiger charge is -2.12. The standard InChI is InChI=1S/C20H26N4O.HI/c1-3-21-20(24-15-17-9-7-8-16(2)14-17)23-13-12-22-19(25)18-10-5-4-6-11-18;/h4-11,14H,3,12-13,15H2,1-2H3,(H,22,25)(H2,21,23,24);1H. The van der Waals surface area contributed by atoms with Crippen molar-refractivity contribution in [3.8, 4) is 0 Å². The minimum atomic E-state index is -0.0656. The Hall–Kier alpha value is -2.09. The van der Waals surface area contributed by atoms with Gasteiger partial charge in [-0.25, -0.2) is 4.99 Å². The van der Waals surface area contributed by atoms with E-state index in [1.54, 1.807) is 12.1 Å². The van der Waals surface area contributed by atoms with Crippen LogP contribution in [0.2, 0.25) is 0 Å². The number of nitrogens with one attached hydrogen (secondary N) is 3. The Bertz CT molecular complexity index is 704. The second-order valence-corrected chi connectivity index (χ2v) is 5.73. The Balaban J connectivity index is 0.00000338. The average Bonchev–Trinajstić information content (AvgIpc) is 2.63. The van der Waals surface area contributed by atoms with Gasteiger partial charge in [-0.05, 0) is 31.5 Å². The summed E-state index contributed by atoms with van der Waals surface area (Å²) in [5.41, 5.74) is 3.08. The van der Waals surface area contributed by atoms with Crippen LogP contribution >= 0.6 is 24.0 Å². The molecule has 0 saturated carbocycles. The van der Waals surface area contributed by atoms with Gasteiger partial charge >= 0.3 is 0 Å². The third-order valence-electron chi connectivity index (χ3n) is 3.59. The summed E-state index contributed by atoms with van der Waals surface area (Å²) in [7, 11) is 0. The normalized spacial score (nSPS) is 10.6. The minimum Gasteiger partial charge on any atom is -0.357 e. The van der Waals surface area contributed by atoms with Gasteiger partial charge in [0.15, 0.2) is 5.96 Å². The van der Waals surface area contributed by atoms with Gasteiger partial charge in [-0.1, -0.05) is 48.0 Å². The molecule has 5 nitrogen and oxygen atoms in total. The van der Waals surface area contributed by atoms with Crippen LogP contribution in [0.3, 0.4) is 0 Å². The van der Waals surface area contributed by atoms with Crippen LogP contribution in [0, 0.1) is 6.92 Å². The molecule has 0 unspecified atom stereocenters. The summed E-state index contributed by atoms with van der Waals surface area (Å²) in [6.07, 6.45) is 0. The minimum absolute atomic E-state index is 0. The number of aliphatic imine (C=N–C) groups is 1. The molecule has 1 amide bonds. The van der Waals surface area contributed by atoms with Gasteiger partial charge in [-0.15, -0.1) is 24.0 Å². The van der Waals surface area contributed by atoms with Crippen LogP contribution in [0.4, 0.5) is 0 Å². The van der Waals surface area contributed by atoms with Gasteiger partial charge in [0.25, 0.3) is 5.91 Å². The number of guanidine groups is 1. The lowest BCUT2D eigenvalue weighted by atomic mass is 10.1. The van der Waals surface area contributed by atoms with E-state index in [2.05, 4.69) is 46.1 Å². The zero-order valence-corrected chi connectivity index (χ0v) is 17.6. The zero-order chi connectivity index (χ0) is 17.9. The van der Waals surface area contributed by atoms with Crippen LogP contribution in [-0.2, 0) is 6.54 Å². The first-order valence-electron chi connectivity index (χ1n) is 8.60. The van der Waals surface area contributed by atoms with Crippen LogP contribution in [-0.4, -0.2) is 31.5 Å². The van der Waals surface area contributed by atoms with Gasteiger partial charge < -0.3 is 16.0 Å². The van der Waals surface area contributed by atoms with Crippen LogP contribution in [0.1, 0.15) is 28.4 Å². The fraction of sp³-hybridized carbons (Fsp3) is 0.300. The molecule has 0 saturated heterocycles. The van der Waals surface area contributed by atoms with Crippen molar-refractivity contribution in [2.45, 2.75) is 20.4 Å². The second kappa shape index (κ2) is 12.3. The monoisotopic (exact) mass is 466 g/mol. The number of hydrogen-bond donors (Lipinski definition) is 3. The quantitative estimate of drug-likeness (QED) is 0.254. The van der Waals surface area contributed by atoms with Gasteiger partial charge in [-0.2, -0.15) is 0 Å². The molecule has 2 rings (SSSR count). The van der Waals surface area contributed by atoms with E-state index in [1.165, 1.54) is 11.1 Å². The summed E-state index contributed by atoms with van der Waals surface area (Å²) in [4.78, 5) is 16.6. The molecular formula is C20H27IN4O. The van der Waals surface area contributed by atoms with Crippen LogP contribution < -0.4 is 16.0 Å². The summed E-state index contributed by atoms with van der Waals surface area (Å²) in [6, 6.07) is 17.5. The number of carbonyl (C=O) groups excluding carboxylic acids is 1. The fourth-order valence-corrected chi connectivity index (χ4v) is 2.37. The van der Waals surface area contributed by atoms with E-state index in [0.29, 0.717) is 25.2 Å². The van der Waals surface area contributed by atoms with E-state index in [9.17, 15) is 4.79 Å². The van der Waals surface area contributed by atoms with E-state index in [4.69, 9.17) is 0 Å². The largest absolute Gasteiger partial charge is 0.357 e. The molecule has 0 aromatic heterocycles. The van der Waals surface area contributed by atoms with Crippen molar-refractivity contribution in [3.05, 3.63) is 71.3 Å².